The van der Waals surface area contributed by atoms with Crippen LogP contribution in [0.5, 0.6) is 5.75 Å². The van der Waals surface area contributed by atoms with E-state index in [1.165, 1.54) is 47.4 Å². The topological polar surface area (TPSA) is 80.8 Å². The van der Waals surface area contributed by atoms with Crippen LogP contribution < -0.4 is 9.08 Å². The summed E-state index contributed by atoms with van der Waals surface area (Å²) in [6, 6.07) is 9.83. The molecule has 2 aromatic carbocycles. The molecule has 1 saturated heterocycles. The third-order valence-electron chi connectivity index (χ3n) is 5.93. The molecule has 154 valence electrons. The van der Waals surface area contributed by atoms with Crippen LogP contribution in [0.25, 0.3) is 0 Å². The number of anilines is 1. The van der Waals surface area contributed by atoms with Crippen molar-refractivity contribution < 1.29 is 22.2 Å². The molecule has 0 unspecified atom stereocenters. The van der Waals surface area contributed by atoms with Crippen LogP contribution in [0.2, 0.25) is 10.0 Å². The van der Waals surface area contributed by atoms with Crippen molar-refractivity contribution in [2.75, 3.05) is 4.90 Å². The Hall–Kier alpha value is -2.35. The predicted octanol–water partition coefficient (Wildman–Crippen LogP) is 4.07. The van der Waals surface area contributed by atoms with Crippen LogP contribution in [0.15, 0.2) is 59.5 Å². The number of hydrogen-bond acceptors (Lipinski definition) is 5. The molecule has 2 aromatic rings. The number of nitrogens with zero attached hydrogens (tertiary/aromatic N) is 1. The van der Waals surface area contributed by atoms with Crippen molar-refractivity contribution in [2.24, 2.45) is 23.7 Å². The molecule has 2 aliphatic carbocycles. The molecular weight excluding hydrogens is 449 g/mol. The Morgan fingerprint density at radius 2 is 1.50 bits per heavy atom. The third-order valence-corrected chi connectivity index (χ3v) is 7.90. The fourth-order valence-electron chi connectivity index (χ4n) is 4.65. The fraction of sp³-hybridized carbons (Fsp3) is 0.238. The summed E-state index contributed by atoms with van der Waals surface area (Å²) in [5.74, 6) is -0.727. The quantitative estimate of drug-likeness (QED) is 0.387. The number of amides is 2. The monoisotopic (exact) mass is 463 g/mol. The average Bonchev–Trinajstić information content (AvgIpc) is 3.38. The van der Waals surface area contributed by atoms with E-state index < -0.39 is 10.1 Å². The van der Waals surface area contributed by atoms with Crippen molar-refractivity contribution in [3.63, 3.8) is 0 Å². The standard InChI is InChI=1S/C21H15Cl2NO5S/c22-13-3-8-16(23)17(10-13)30(27,28)29-15-6-4-14(5-7-15)24-20(25)18-11-1-2-12(9-11)19(18)21(24)26/h1-8,10-12,18-19H,9H2/t11-,12-,18-,19+/m0/s1. The molecule has 1 heterocycles. The Morgan fingerprint density at radius 1 is 0.900 bits per heavy atom. The zero-order valence-corrected chi connectivity index (χ0v) is 17.7. The van der Waals surface area contributed by atoms with Gasteiger partial charge in [-0.15, -0.1) is 0 Å². The van der Waals surface area contributed by atoms with Crippen LogP contribution in [0.3, 0.4) is 0 Å². The molecule has 4 atom stereocenters. The Kier molecular flexibility index (Phi) is 4.47. The molecule has 2 fully saturated rings. The van der Waals surface area contributed by atoms with Gasteiger partial charge in [-0.1, -0.05) is 35.4 Å². The Balaban J connectivity index is 1.38. The second kappa shape index (κ2) is 6.83. The van der Waals surface area contributed by atoms with E-state index in [1.807, 2.05) is 12.2 Å². The molecule has 1 aliphatic heterocycles. The molecule has 30 heavy (non-hydrogen) atoms. The summed E-state index contributed by atoms with van der Waals surface area (Å²) in [5, 5.41) is 0.191. The van der Waals surface area contributed by atoms with Gasteiger partial charge in [-0.05, 0) is 60.7 Å². The van der Waals surface area contributed by atoms with Gasteiger partial charge in [-0.3, -0.25) is 14.5 Å². The smallest absolute Gasteiger partial charge is 0.340 e. The van der Waals surface area contributed by atoms with Gasteiger partial charge in [0, 0.05) is 5.02 Å². The van der Waals surface area contributed by atoms with Crippen LogP contribution in [0.1, 0.15) is 6.42 Å². The number of allylic oxidation sites excluding steroid dienone is 2. The van der Waals surface area contributed by atoms with Gasteiger partial charge in [0.1, 0.15) is 10.6 Å². The molecule has 0 radical (unpaired) electrons. The number of benzene rings is 2. The number of carbonyl (C=O) groups excluding carboxylic acids is 2. The van der Waals surface area contributed by atoms with Crippen LogP contribution in [-0.4, -0.2) is 20.2 Å². The molecule has 2 amide bonds. The maximum absolute atomic E-state index is 12.9. The maximum atomic E-state index is 12.9. The number of rotatable bonds is 4. The van der Waals surface area contributed by atoms with Gasteiger partial charge in [0.2, 0.25) is 11.8 Å². The highest BCUT2D eigenvalue weighted by Crippen LogP contribution is 2.53. The van der Waals surface area contributed by atoms with Gasteiger partial charge in [0.25, 0.3) is 0 Å². The Morgan fingerprint density at radius 3 is 2.10 bits per heavy atom. The summed E-state index contributed by atoms with van der Waals surface area (Å²) >= 11 is 11.8. The zero-order chi connectivity index (χ0) is 21.2. The number of hydrogen-bond donors (Lipinski definition) is 0. The first kappa shape index (κ1) is 19.6. The average molecular weight is 464 g/mol. The number of carbonyl (C=O) groups is 2. The summed E-state index contributed by atoms with van der Waals surface area (Å²) in [5.41, 5.74) is 0.393. The van der Waals surface area contributed by atoms with Gasteiger partial charge >= 0.3 is 10.1 Å². The van der Waals surface area contributed by atoms with E-state index in [4.69, 9.17) is 27.4 Å². The largest absolute Gasteiger partial charge is 0.379 e. The van der Waals surface area contributed by atoms with Crippen molar-refractivity contribution >= 4 is 50.8 Å². The zero-order valence-electron chi connectivity index (χ0n) is 15.4. The molecule has 1 saturated carbocycles. The molecule has 0 N–H and O–H groups in total. The van der Waals surface area contributed by atoms with E-state index in [-0.39, 0.29) is 56.2 Å². The van der Waals surface area contributed by atoms with E-state index in [9.17, 15) is 18.0 Å². The summed E-state index contributed by atoms with van der Waals surface area (Å²) in [6.45, 7) is 0. The lowest BCUT2D eigenvalue weighted by Crippen LogP contribution is -2.32. The van der Waals surface area contributed by atoms with Crippen molar-refractivity contribution in [3.8, 4) is 5.75 Å². The Bertz CT molecular complexity index is 1180. The normalized spacial score (nSPS) is 27.1. The summed E-state index contributed by atoms with van der Waals surface area (Å²) in [4.78, 5) is 26.7. The molecule has 0 spiro atoms. The van der Waals surface area contributed by atoms with Crippen molar-refractivity contribution in [1.29, 1.82) is 0 Å². The minimum atomic E-state index is -4.21. The first-order valence-corrected chi connectivity index (χ1v) is 11.5. The highest BCUT2D eigenvalue weighted by Gasteiger charge is 2.59. The first-order valence-electron chi connectivity index (χ1n) is 9.32. The van der Waals surface area contributed by atoms with Gasteiger partial charge in [-0.2, -0.15) is 8.42 Å². The van der Waals surface area contributed by atoms with Crippen molar-refractivity contribution in [3.05, 3.63) is 64.7 Å². The summed E-state index contributed by atoms with van der Waals surface area (Å²) < 4.78 is 30.2. The fourth-order valence-corrected chi connectivity index (χ4v) is 6.32. The highest BCUT2D eigenvalue weighted by molar-refractivity contribution is 7.87. The Labute approximate surface area is 183 Å². The lowest BCUT2D eigenvalue weighted by atomic mass is 9.85. The van der Waals surface area contributed by atoms with Crippen molar-refractivity contribution in [1.82, 2.24) is 0 Å². The van der Waals surface area contributed by atoms with E-state index >= 15 is 0 Å². The predicted molar refractivity (Wildman–Crippen MR) is 111 cm³/mol. The molecule has 6 nitrogen and oxygen atoms in total. The molecule has 9 heteroatoms. The van der Waals surface area contributed by atoms with Gasteiger partial charge in [0.05, 0.1) is 22.5 Å². The summed E-state index contributed by atoms with van der Waals surface area (Å²) in [6.07, 6.45) is 4.92. The lowest BCUT2D eigenvalue weighted by molar-refractivity contribution is -0.123. The van der Waals surface area contributed by atoms with Gasteiger partial charge < -0.3 is 4.18 Å². The minimum absolute atomic E-state index is 0.0148. The van der Waals surface area contributed by atoms with Gasteiger partial charge in [-0.25, -0.2) is 0 Å². The SMILES string of the molecule is O=C1[C@@H]2[C@H](C(=O)N1c1ccc(OS(=O)(=O)c3cc(Cl)ccc3Cl)cc1)[C@H]1C=C[C@H]2C1. The molecule has 2 bridgehead atoms. The second-order valence-corrected chi connectivity index (χ2v) is 9.98. The number of imide groups is 1. The minimum Gasteiger partial charge on any atom is -0.379 e. The van der Waals surface area contributed by atoms with Crippen LogP contribution in [-0.2, 0) is 19.7 Å². The van der Waals surface area contributed by atoms with E-state index in [1.54, 1.807) is 0 Å². The number of fused-ring (bicyclic) bond motifs is 5. The lowest BCUT2D eigenvalue weighted by Gasteiger charge is -2.17. The van der Waals surface area contributed by atoms with Crippen LogP contribution >= 0.6 is 23.2 Å². The number of halogens is 2. The molecule has 0 aromatic heterocycles. The molecule has 5 rings (SSSR count). The van der Waals surface area contributed by atoms with Gasteiger partial charge in [0.15, 0.2) is 0 Å². The molecule has 3 aliphatic rings. The van der Waals surface area contributed by atoms with E-state index in [2.05, 4.69) is 0 Å². The highest BCUT2D eigenvalue weighted by atomic mass is 35.5. The second-order valence-electron chi connectivity index (χ2n) is 7.62. The van der Waals surface area contributed by atoms with E-state index in [0.29, 0.717) is 5.69 Å². The maximum Gasteiger partial charge on any atom is 0.340 e. The van der Waals surface area contributed by atoms with Crippen LogP contribution in [0, 0.1) is 23.7 Å². The first-order chi connectivity index (χ1) is 14.3. The van der Waals surface area contributed by atoms with Crippen LogP contribution in [0.4, 0.5) is 5.69 Å². The summed E-state index contributed by atoms with van der Waals surface area (Å²) in [7, 11) is -4.21. The molecular formula is C21H15Cl2NO5S. The van der Waals surface area contributed by atoms with Crippen molar-refractivity contribution in [2.45, 2.75) is 11.3 Å². The third kappa shape index (κ3) is 2.95. The van der Waals surface area contributed by atoms with E-state index in [0.717, 1.165) is 6.42 Å².